The van der Waals surface area contributed by atoms with Crippen LogP contribution in [-0.2, 0) is 4.74 Å². The quantitative estimate of drug-likeness (QED) is 0.766. The Kier molecular flexibility index (Phi) is 4.61. The molecule has 0 amide bonds. The fourth-order valence-electron chi connectivity index (χ4n) is 1.84. The van der Waals surface area contributed by atoms with E-state index in [9.17, 15) is 18.0 Å². The zero-order valence-electron chi connectivity index (χ0n) is 11.3. The summed E-state index contributed by atoms with van der Waals surface area (Å²) < 4.78 is 45.1. The number of esters is 1. The molecule has 0 aliphatic rings. The van der Waals surface area contributed by atoms with E-state index in [1.165, 1.54) is 37.4 Å². The van der Waals surface area contributed by atoms with Gasteiger partial charge in [-0.2, -0.15) is 0 Å². The van der Waals surface area contributed by atoms with Gasteiger partial charge in [0.1, 0.15) is 5.75 Å². The van der Waals surface area contributed by atoms with Crippen LogP contribution in [0, 0.1) is 0 Å². The molecule has 2 aromatic rings. The summed E-state index contributed by atoms with van der Waals surface area (Å²) in [7, 11) is 1.23. The zero-order valence-corrected chi connectivity index (χ0v) is 12.0. The second-order valence-electron chi connectivity index (χ2n) is 4.26. The van der Waals surface area contributed by atoms with Gasteiger partial charge in [0.25, 0.3) is 0 Å². The fourth-order valence-corrected chi connectivity index (χ4v) is 2.10. The van der Waals surface area contributed by atoms with Crippen LogP contribution in [0.25, 0.3) is 11.1 Å². The average Bonchev–Trinajstić information content (AvgIpc) is 2.45. The molecule has 2 rings (SSSR count). The number of halogens is 4. The normalized spacial score (nSPS) is 11.1. The van der Waals surface area contributed by atoms with E-state index in [0.29, 0.717) is 11.1 Å². The van der Waals surface area contributed by atoms with Crippen LogP contribution in [0.5, 0.6) is 5.75 Å². The van der Waals surface area contributed by atoms with Gasteiger partial charge >= 0.3 is 12.3 Å². The third-order valence-electron chi connectivity index (χ3n) is 2.78. The lowest BCUT2D eigenvalue weighted by atomic mass is 10.0. The summed E-state index contributed by atoms with van der Waals surface area (Å²) in [5.74, 6) is -0.927. The molecular formula is C15H10ClF3O3. The molecule has 22 heavy (non-hydrogen) atoms. The Bertz CT molecular complexity index is 699. The van der Waals surface area contributed by atoms with Crippen LogP contribution in [0.4, 0.5) is 13.2 Å². The Hall–Kier alpha value is -2.21. The summed E-state index contributed by atoms with van der Waals surface area (Å²) in [5, 5.41) is 0.145. The van der Waals surface area contributed by atoms with Crippen molar-refractivity contribution in [1.29, 1.82) is 0 Å². The highest BCUT2D eigenvalue weighted by Crippen LogP contribution is 2.30. The van der Waals surface area contributed by atoms with Crippen LogP contribution in [-0.4, -0.2) is 19.4 Å². The van der Waals surface area contributed by atoms with Crippen molar-refractivity contribution in [3.8, 4) is 16.9 Å². The maximum Gasteiger partial charge on any atom is 0.573 e. The lowest BCUT2D eigenvalue weighted by Crippen LogP contribution is -2.17. The van der Waals surface area contributed by atoms with E-state index in [1.807, 2.05) is 0 Å². The Balaban J connectivity index is 2.34. The molecule has 2 aromatic carbocycles. The smallest absolute Gasteiger partial charge is 0.465 e. The molecule has 0 atom stereocenters. The summed E-state index contributed by atoms with van der Waals surface area (Å²) >= 11 is 5.99. The van der Waals surface area contributed by atoms with Crippen LogP contribution < -0.4 is 4.74 Å². The van der Waals surface area contributed by atoms with E-state index in [0.717, 1.165) is 0 Å². The van der Waals surface area contributed by atoms with Crippen LogP contribution in [0.1, 0.15) is 10.4 Å². The second kappa shape index (κ2) is 6.27. The Morgan fingerprint density at radius 2 is 1.77 bits per heavy atom. The molecule has 0 N–H and O–H groups in total. The third kappa shape index (κ3) is 3.92. The molecule has 116 valence electrons. The Morgan fingerprint density at radius 3 is 2.36 bits per heavy atom. The first kappa shape index (κ1) is 16.2. The Labute approximate surface area is 129 Å². The highest BCUT2D eigenvalue weighted by atomic mass is 35.5. The number of rotatable bonds is 3. The highest BCUT2D eigenvalue weighted by molar-refractivity contribution is 6.33. The van der Waals surface area contributed by atoms with Crippen molar-refractivity contribution in [3.05, 3.63) is 53.1 Å². The molecule has 0 aliphatic carbocycles. The molecular weight excluding hydrogens is 321 g/mol. The maximum absolute atomic E-state index is 12.2. The molecule has 0 heterocycles. The van der Waals surface area contributed by atoms with Crippen molar-refractivity contribution >= 4 is 17.6 Å². The predicted molar refractivity (Wildman–Crippen MR) is 74.9 cm³/mol. The van der Waals surface area contributed by atoms with E-state index < -0.39 is 12.3 Å². The number of ether oxygens (including phenoxy) is 2. The average molecular weight is 331 g/mol. The van der Waals surface area contributed by atoms with Crippen molar-refractivity contribution in [2.75, 3.05) is 7.11 Å². The van der Waals surface area contributed by atoms with Crippen LogP contribution in [0.15, 0.2) is 42.5 Å². The van der Waals surface area contributed by atoms with Gasteiger partial charge in [-0.3, -0.25) is 0 Å². The van der Waals surface area contributed by atoms with E-state index in [4.69, 9.17) is 11.6 Å². The summed E-state index contributed by atoms with van der Waals surface area (Å²) in [5.41, 5.74) is 1.20. The van der Waals surface area contributed by atoms with Gasteiger partial charge in [0, 0.05) is 0 Å². The second-order valence-corrected chi connectivity index (χ2v) is 4.67. The van der Waals surface area contributed by atoms with Gasteiger partial charge in [0.15, 0.2) is 0 Å². The summed E-state index contributed by atoms with van der Waals surface area (Å²) in [6.07, 6.45) is -4.76. The summed E-state index contributed by atoms with van der Waals surface area (Å²) in [4.78, 5) is 11.4. The van der Waals surface area contributed by atoms with Gasteiger partial charge in [-0.05, 0) is 35.4 Å². The van der Waals surface area contributed by atoms with Crippen molar-refractivity contribution < 1.29 is 27.4 Å². The van der Waals surface area contributed by atoms with Gasteiger partial charge in [0.2, 0.25) is 0 Å². The molecule has 0 aromatic heterocycles. The molecule has 3 nitrogen and oxygen atoms in total. The standard InChI is InChI=1S/C15H10ClF3O3/c1-21-14(20)12-6-5-10(8-13(12)16)9-3-2-4-11(7-9)22-15(17,18)19/h2-8H,1H3. The number of hydrogen-bond donors (Lipinski definition) is 0. The fraction of sp³-hybridized carbons (Fsp3) is 0.133. The number of carbonyl (C=O) groups is 1. The van der Waals surface area contributed by atoms with Crippen molar-refractivity contribution in [2.24, 2.45) is 0 Å². The molecule has 0 saturated carbocycles. The first-order valence-corrected chi connectivity index (χ1v) is 6.42. The molecule has 0 radical (unpaired) electrons. The minimum atomic E-state index is -4.76. The van der Waals surface area contributed by atoms with E-state index in [1.54, 1.807) is 12.1 Å². The van der Waals surface area contributed by atoms with Gasteiger partial charge in [-0.15, -0.1) is 13.2 Å². The number of methoxy groups -OCH3 is 1. The molecule has 0 spiro atoms. The molecule has 0 fully saturated rings. The van der Waals surface area contributed by atoms with Crippen LogP contribution in [0.3, 0.4) is 0 Å². The Morgan fingerprint density at radius 1 is 1.09 bits per heavy atom. The number of alkyl halides is 3. The largest absolute Gasteiger partial charge is 0.573 e. The maximum atomic E-state index is 12.2. The van der Waals surface area contributed by atoms with E-state index in [-0.39, 0.29) is 16.3 Å². The SMILES string of the molecule is COC(=O)c1ccc(-c2cccc(OC(F)(F)F)c2)cc1Cl. The molecule has 0 saturated heterocycles. The van der Waals surface area contributed by atoms with Gasteiger partial charge in [-0.25, -0.2) is 4.79 Å². The van der Waals surface area contributed by atoms with E-state index >= 15 is 0 Å². The highest BCUT2D eigenvalue weighted by Gasteiger charge is 2.31. The molecule has 0 aliphatic heterocycles. The minimum absolute atomic E-state index is 0.145. The van der Waals surface area contributed by atoms with Crippen molar-refractivity contribution in [3.63, 3.8) is 0 Å². The van der Waals surface area contributed by atoms with Crippen molar-refractivity contribution in [1.82, 2.24) is 0 Å². The molecule has 0 unspecified atom stereocenters. The van der Waals surface area contributed by atoms with Gasteiger partial charge < -0.3 is 9.47 Å². The lowest BCUT2D eigenvalue weighted by molar-refractivity contribution is -0.274. The molecule has 7 heteroatoms. The third-order valence-corrected chi connectivity index (χ3v) is 3.09. The molecule has 0 bridgehead atoms. The minimum Gasteiger partial charge on any atom is -0.465 e. The van der Waals surface area contributed by atoms with E-state index in [2.05, 4.69) is 9.47 Å². The van der Waals surface area contributed by atoms with Gasteiger partial charge in [-0.1, -0.05) is 29.8 Å². The summed E-state index contributed by atoms with van der Waals surface area (Å²) in [6.45, 7) is 0. The van der Waals surface area contributed by atoms with Crippen molar-refractivity contribution in [2.45, 2.75) is 6.36 Å². The summed E-state index contributed by atoms with van der Waals surface area (Å²) in [6, 6.07) is 9.94. The lowest BCUT2D eigenvalue weighted by Gasteiger charge is -2.11. The first-order chi connectivity index (χ1) is 10.3. The van der Waals surface area contributed by atoms with Crippen LogP contribution >= 0.6 is 11.6 Å². The zero-order chi connectivity index (χ0) is 16.3. The number of hydrogen-bond acceptors (Lipinski definition) is 3. The monoisotopic (exact) mass is 330 g/mol. The number of carbonyl (C=O) groups excluding carboxylic acids is 1. The number of benzene rings is 2. The topological polar surface area (TPSA) is 35.5 Å². The van der Waals surface area contributed by atoms with Gasteiger partial charge in [0.05, 0.1) is 17.7 Å². The predicted octanol–water partition coefficient (Wildman–Crippen LogP) is 4.69. The first-order valence-electron chi connectivity index (χ1n) is 6.04. The van der Waals surface area contributed by atoms with Crippen LogP contribution in [0.2, 0.25) is 5.02 Å².